The maximum atomic E-state index is 11.1. The van der Waals surface area contributed by atoms with E-state index in [1.807, 2.05) is 0 Å². The number of ketones is 1. The van der Waals surface area contributed by atoms with Crippen molar-refractivity contribution in [3.05, 3.63) is 0 Å². The summed E-state index contributed by atoms with van der Waals surface area (Å²) >= 11 is 0. The van der Waals surface area contributed by atoms with Crippen molar-refractivity contribution in [1.29, 1.82) is 0 Å². The highest BCUT2D eigenvalue weighted by Gasteiger charge is 2.17. The van der Waals surface area contributed by atoms with E-state index in [1.54, 1.807) is 0 Å². The van der Waals surface area contributed by atoms with Gasteiger partial charge in [-0.2, -0.15) is 0 Å². The van der Waals surface area contributed by atoms with E-state index in [9.17, 15) is 9.59 Å². The molecule has 5 heteroatoms. The number of esters is 1. The average Bonchev–Trinajstić information content (AvgIpc) is 2.75. The largest absolute Gasteiger partial charge is 0.463 e. The molecule has 0 radical (unpaired) electrons. The molecule has 1 saturated heterocycles. The standard InChI is InChI=1S/C10H16O5/c11-6-8(12)3-4-10(13)15-7-9-2-1-5-14-9/h9,11H,1-7H2. The van der Waals surface area contributed by atoms with E-state index >= 15 is 0 Å². The van der Waals surface area contributed by atoms with E-state index in [-0.39, 0.29) is 31.3 Å². The molecule has 5 nitrogen and oxygen atoms in total. The summed E-state index contributed by atoms with van der Waals surface area (Å²) in [6.07, 6.45) is 2.02. The van der Waals surface area contributed by atoms with Gasteiger partial charge in [-0.05, 0) is 12.8 Å². The molecule has 1 unspecified atom stereocenters. The van der Waals surface area contributed by atoms with Gasteiger partial charge in [0.2, 0.25) is 0 Å². The van der Waals surface area contributed by atoms with E-state index < -0.39 is 12.6 Å². The molecule has 0 aromatic rings. The molecule has 15 heavy (non-hydrogen) atoms. The summed E-state index contributed by atoms with van der Waals surface area (Å²) < 4.78 is 10.2. The molecule has 0 aromatic heterocycles. The fraction of sp³-hybridized carbons (Fsp3) is 0.800. The van der Waals surface area contributed by atoms with E-state index in [0.717, 1.165) is 19.4 Å². The minimum atomic E-state index is -0.515. The van der Waals surface area contributed by atoms with Gasteiger partial charge in [0.25, 0.3) is 0 Å². The molecule has 1 atom stereocenters. The van der Waals surface area contributed by atoms with Crippen LogP contribution in [0.1, 0.15) is 25.7 Å². The van der Waals surface area contributed by atoms with Crippen molar-refractivity contribution in [3.63, 3.8) is 0 Å². The van der Waals surface area contributed by atoms with Crippen molar-refractivity contribution < 1.29 is 24.2 Å². The maximum Gasteiger partial charge on any atom is 0.306 e. The summed E-state index contributed by atoms with van der Waals surface area (Å²) in [5.41, 5.74) is 0. The number of hydrogen-bond donors (Lipinski definition) is 1. The number of aliphatic hydroxyl groups excluding tert-OH is 1. The molecular weight excluding hydrogens is 200 g/mol. The van der Waals surface area contributed by atoms with Crippen LogP contribution in [-0.2, 0) is 19.1 Å². The topological polar surface area (TPSA) is 72.8 Å². The first kappa shape index (κ1) is 12.1. The van der Waals surface area contributed by atoms with Crippen LogP contribution in [0.15, 0.2) is 0 Å². The predicted octanol–water partition coefficient (Wildman–Crippen LogP) is 0.0502. The van der Waals surface area contributed by atoms with Crippen LogP contribution in [0.4, 0.5) is 0 Å². The fourth-order valence-electron chi connectivity index (χ4n) is 1.35. The van der Waals surface area contributed by atoms with Crippen LogP contribution in [0.2, 0.25) is 0 Å². The van der Waals surface area contributed by atoms with E-state index in [1.165, 1.54) is 0 Å². The molecule has 1 heterocycles. The van der Waals surface area contributed by atoms with E-state index in [4.69, 9.17) is 14.6 Å². The third-order valence-corrected chi connectivity index (χ3v) is 2.24. The average molecular weight is 216 g/mol. The fourth-order valence-corrected chi connectivity index (χ4v) is 1.35. The molecule has 0 bridgehead atoms. The summed E-state index contributed by atoms with van der Waals surface area (Å²) in [6, 6.07) is 0. The monoisotopic (exact) mass is 216 g/mol. The molecular formula is C10H16O5. The third-order valence-electron chi connectivity index (χ3n) is 2.24. The molecule has 1 aliphatic rings. The van der Waals surface area contributed by atoms with Crippen molar-refractivity contribution >= 4 is 11.8 Å². The molecule has 0 aromatic carbocycles. The second kappa shape index (κ2) is 6.53. The van der Waals surface area contributed by atoms with E-state index in [2.05, 4.69) is 0 Å². The maximum absolute atomic E-state index is 11.1. The third kappa shape index (κ3) is 4.90. The van der Waals surface area contributed by atoms with Gasteiger partial charge in [-0.15, -0.1) is 0 Å². The second-order valence-corrected chi connectivity index (χ2v) is 3.51. The zero-order valence-electron chi connectivity index (χ0n) is 8.61. The SMILES string of the molecule is O=C(CO)CCC(=O)OCC1CCCO1. The Hall–Kier alpha value is -0.940. The van der Waals surface area contributed by atoms with Crippen LogP contribution in [-0.4, -0.2) is 42.8 Å². The van der Waals surface area contributed by atoms with Crippen LogP contribution in [0.3, 0.4) is 0 Å². The van der Waals surface area contributed by atoms with Gasteiger partial charge in [-0.3, -0.25) is 9.59 Å². The van der Waals surface area contributed by atoms with Crippen LogP contribution in [0.5, 0.6) is 0 Å². The number of aliphatic hydroxyl groups is 1. The summed E-state index contributed by atoms with van der Waals surface area (Å²) in [5.74, 6) is -0.753. The molecule has 0 aliphatic carbocycles. The Morgan fingerprint density at radius 3 is 2.80 bits per heavy atom. The highest BCUT2D eigenvalue weighted by Crippen LogP contribution is 2.12. The number of rotatable bonds is 6. The Morgan fingerprint density at radius 2 is 2.20 bits per heavy atom. The number of carbonyl (C=O) groups excluding carboxylic acids is 2. The summed E-state index contributed by atoms with van der Waals surface area (Å²) in [7, 11) is 0. The highest BCUT2D eigenvalue weighted by atomic mass is 16.6. The molecule has 1 aliphatic heterocycles. The first-order chi connectivity index (χ1) is 7.22. The summed E-state index contributed by atoms with van der Waals surface area (Å²) in [6.45, 7) is 0.483. The lowest BCUT2D eigenvalue weighted by Gasteiger charge is -2.09. The zero-order valence-corrected chi connectivity index (χ0v) is 8.61. The van der Waals surface area contributed by atoms with Crippen molar-refractivity contribution in [3.8, 4) is 0 Å². The molecule has 0 saturated carbocycles. The predicted molar refractivity (Wildman–Crippen MR) is 51.3 cm³/mol. The van der Waals surface area contributed by atoms with Crippen molar-refractivity contribution in [2.75, 3.05) is 19.8 Å². The van der Waals surface area contributed by atoms with Gasteiger partial charge in [0.15, 0.2) is 5.78 Å². The minimum Gasteiger partial charge on any atom is -0.463 e. The van der Waals surface area contributed by atoms with Crippen molar-refractivity contribution in [2.24, 2.45) is 0 Å². The van der Waals surface area contributed by atoms with Gasteiger partial charge in [-0.25, -0.2) is 0 Å². The van der Waals surface area contributed by atoms with Crippen LogP contribution in [0, 0.1) is 0 Å². The Balaban J connectivity index is 2.05. The number of hydrogen-bond acceptors (Lipinski definition) is 5. The van der Waals surface area contributed by atoms with Gasteiger partial charge in [0.1, 0.15) is 13.2 Å². The Bertz CT molecular complexity index is 220. The van der Waals surface area contributed by atoms with Crippen molar-refractivity contribution in [2.45, 2.75) is 31.8 Å². The lowest BCUT2D eigenvalue weighted by molar-refractivity contribution is -0.148. The van der Waals surface area contributed by atoms with Crippen molar-refractivity contribution in [1.82, 2.24) is 0 Å². The lowest BCUT2D eigenvalue weighted by atomic mass is 10.2. The smallest absolute Gasteiger partial charge is 0.306 e. The molecule has 1 rings (SSSR count). The Kier molecular flexibility index (Phi) is 5.28. The van der Waals surface area contributed by atoms with Gasteiger partial charge in [0, 0.05) is 13.0 Å². The molecule has 0 amide bonds. The van der Waals surface area contributed by atoms with Gasteiger partial charge in [0.05, 0.1) is 12.5 Å². The summed E-state index contributed by atoms with van der Waals surface area (Å²) in [4.78, 5) is 21.8. The molecule has 86 valence electrons. The quantitative estimate of drug-likeness (QED) is 0.635. The number of carbonyl (C=O) groups is 2. The van der Waals surface area contributed by atoms with Crippen LogP contribution < -0.4 is 0 Å². The lowest BCUT2D eigenvalue weighted by Crippen LogP contribution is -2.18. The molecule has 0 spiro atoms. The van der Waals surface area contributed by atoms with E-state index in [0.29, 0.717) is 0 Å². The van der Waals surface area contributed by atoms with Crippen LogP contribution >= 0.6 is 0 Å². The molecule has 1 fully saturated rings. The van der Waals surface area contributed by atoms with Gasteiger partial charge < -0.3 is 14.6 Å². The minimum absolute atomic E-state index is 0.0162. The number of ether oxygens (including phenoxy) is 2. The normalized spacial score (nSPS) is 20.2. The number of Topliss-reactive ketones (excluding diaryl/α,β-unsaturated/α-hetero) is 1. The first-order valence-electron chi connectivity index (χ1n) is 5.12. The first-order valence-corrected chi connectivity index (χ1v) is 5.12. The van der Waals surface area contributed by atoms with Gasteiger partial charge >= 0.3 is 5.97 Å². The highest BCUT2D eigenvalue weighted by molar-refractivity contribution is 5.83. The zero-order chi connectivity index (χ0) is 11.1. The molecule has 1 N–H and O–H groups in total. The summed E-state index contributed by atoms with van der Waals surface area (Å²) in [5, 5.41) is 8.43. The Morgan fingerprint density at radius 1 is 1.40 bits per heavy atom. The van der Waals surface area contributed by atoms with Gasteiger partial charge in [-0.1, -0.05) is 0 Å². The second-order valence-electron chi connectivity index (χ2n) is 3.51. The Labute approximate surface area is 88.4 Å². The van der Waals surface area contributed by atoms with Crippen LogP contribution in [0.25, 0.3) is 0 Å².